The number of hydrogen-bond acceptors (Lipinski definition) is 5. The van der Waals surface area contributed by atoms with Gasteiger partial charge in [0.25, 0.3) is 5.91 Å². The van der Waals surface area contributed by atoms with Crippen LogP contribution in [0.1, 0.15) is 42.6 Å². The second kappa shape index (κ2) is 10.3. The first kappa shape index (κ1) is 21.2. The fraction of sp³-hybridized carbons (Fsp3) is 0.333. The molecule has 6 nitrogen and oxygen atoms in total. The minimum absolute atomic E-state index is 0.147. The number of carbonyl (C=O) groups is 1. The van der Waals surface area contributed by atoms with Crippen molar-refractivity contribution in [3.05, 3.63) is 53.3 Å². The third-order valence-corrected chi connectivity index (χ3v) is 4.08. The maximum Gasteiger partial charge on any atom is 0.271 e. The number of hydrogen-bond donors (Lipinski definition) is 1. The van der Waals surface area contributed by atoms with Crippen molar-refractivity contribution >= 4 is 11.6 Å². The van der Waals surface area contributed by atoms with Crippen molar-refractivity contribution in [2.45, 2.75) is 26.7 Å². The fourth-order valence-electron chi connectivity index (χ4n) is 2.41. The molecule has 0 heterocycles. The van der Waals surface area contributed by atoms with Gasteiger partial charge in [-0.15, -0.1) is 0 Å². The first-order chi connectivity index (χ1) is 13.5. The van der Waals surface area contributed by atoms with E-state index in [-0.39, 0.29) is 5.75 Å². The third-order valence-electron chi connectivity index (χ3n) is 4.08. The highest BCUT2D eigenvalue weighted by atomic mass is 19.1. The molecule has 1 amide bonds. The van der Waals surface area contributed by atoms with Crippen LogP contribution in [0.15, 0.2) is 41.5 Å². The Morgan fingerprint density at radius 3 is 2.36 bits per heavy atom. The lowest BCUT2D eigenvalue weighted by molar-refractivity contribution is 0.0954. The molecule has 1 N–H and O–H groups in total. The molecule has 0 aliphatic heterocycles. The minimum Gasteiger partial charge on any atom is -0.494 e. The van der Waals surface area contributed by atoms with Crippen molar-refractivity contribution in [2.75, 3.05) is 20.8 Å². The van der Waals surface area contributed by atoms with Gasteiger partial charge in [-0.3, -0.25) is 4.79 Å². The number of nitrogens with zero attached hydrogens (tertiary/aromatic N) is 1. The van der Waals surface area contributed by atoms with Gasteiger partial charge in [-0.25, -0.2) is 9.82 Å². The molecule has 0 radical (unpaired) electrons. The molecule has 2 aromatic carbocycles. The molecular formula is C21H25FN2O4. The Kier molecular flexibility index (Phi) is 7.80. The van der Waals surface area contributed by atoms with Gasteiger partial charge in [-0.2, -0.15) is 5.10 Å². The topological polar surface area (TPSA) is 69.2 Å². The van der Waals surface area contributed by atoms with Crippen LogP contribution in [0.25, 0.3) is 0 Å². The van der Waals surface area contributed by atoms with Crippen LogP contribution < -0.4 is 19.6 Å². The van der Waals surface area contributed by atoms with Gasteiger partial charge in [-0.1, -0.05) is 13.3 Å². The number of amides is 1. The largest absolute Gasteiger partial charge is 0.494 e. The van der Waals surface area contributed by atoms with Crippen LogP contribution in [-0.4, -0.2) is 32.4 Å². The molecule has 0 unspecified atom stereocenters. The molecule has 0 aliphatic carbocycles. The monoisotopic (exact) mass is 388 g/mol. The summed E-state index contributed by atoms with van der Waals surface area (Å²) in [4.78, 5) is 12.4. The smallest absolute Gasteiger partial charge is 0.271 e. The second-order valence-electron chi connectivity index (χ2n) is 6.06. The van der Waals surface area contributed by atoms with E-state index < -0.39 is 11.7 Å². The highest BCUT2D eigenvalue weighted by Gasteiger charge is 2.12. The van der Waals surface area contributed by atoms with Gasteiger partial charge in [0.15, 0.2) is 23.1 Å². The number of halogens is 1. The predicted molar refractivity (Wildman–Crippen MR) is 106 cm³/mol. The molecule has 0 aliphatic rings. The number of benzene rings is 2. The fourth-order valence-corrected chi connectivity index (χ4v) is 2.41. The molecule has 0 spiro atoms. The Bertz CT molecular complexity index is 852. The van der Waals surface area contributed by atoms with Crippen LogP contribution in [0, 0.1) is 5.82 Å². The number of carbonyl (C=O) groups excluding carboxylic acids is 1. The maximum absolute atomic E-state index is 13.8. The average Bonchev–Trinajstić information content (AvgIpc) is 2.71. The Morgan fingerprint density at radius 1 is 1.04 bits per heavy atom. The molecule has 0 fully saturated rings. The van der Waals surface area contributed by atoms with Crippen LogP contribution >= 0.6 is 0 Å². The maximum atomic E-state index is 13.8. The molecule has 0 saturated carbocycles. The molecule has 0 atom stereocenters. The number of unbranched alkanes of at least 4 members (excludes halogenated alkanes) is 1. The first-order valence-corrected chi connectivity index (χ1v) is 8.99. The van der Waals surface area contributed by atoms with Crippen molar-refractivity contribution in [1.82, 2.24) is 5.43 Å². The summed E-state index contributed by atoms with van der Waals surface area (Å²) in [7, 11) is 2.91. The lowest BCUT2D eigenvalue weighted by atomic mass is 10.1. The lowest BCUT2D eigenvalue weighted by Gasteiger charge is -2.11. The van der Waals surface area contributed by atoms with Gasteiger partial charge < -0.3 is 14.2 Å². The summed E-state index contributed by atoms with van der Waals surface area (Å²) in [6.45, 7) is 4.34. The Morgan fingerprint density at radius 2 is 1.71 bits per heavy atom. The molecule has 0 bridgehead atoms. The quantitative estimate of drug-likeness (QED) is 0.398. The summed E-state index contributed by atoms with van der Waals surface area (Å²) in [5.41, 5.74) is 3.84. The average molecular weight is 388 g/mol. The highest BCUT2D eigenvalue weighted by molar-refractivity contribution is 6.01. The summed E-state index contributed by atoms with van der Waals surface area (Å²) in [5, 5.41) is 4.04. The third kappa shape index (κ3) is 5.45. The van der Waals surface area contributed by atoms with Crippen LogP contribution in [0.5, 0.6) is 17.2 Å². The predicted octanol–water partition coefficient (Wildman–Crippen LogP) is 4.18. The molecule has 0 saturated heterocycles. The van der Waals surface area contributed by atoms with Gasteiger partial charge in [0.05, 0.1) is 26.5 Å². The van der Waals surface area contributed by atoms with Gasteiger partial charge in [-0.05, 0) is 49.7 Å². The van der Waals surface area contributed by atoms with Gasteiger partial charge in [0.1, 0.15) is 0 Å². The zero-order valence-electron chi connectivity index (χ0n) is 16.5. The van der Waals surface area contributed by atoms with Gasteiger partial charge in [0.2, 0.25) is 0 Å². The van der Waals surface area contributed by atoms with E-state index in [1.807, 2.05) is 0 Å². The Labute approximate surface area is 164 Å². The zero-order chi connectivity index (χ0) is 20.5. The van der Waals surface area contributed by atoms with E-state index in [0.717, 1.165) is 12.8 Å². The summed E-state index contributed by atoms with van der Waals surface area (Å²) in [6, 6.07) is 9.39. The van der Waals surface area contributed by atoms with E-state index >= 15 is 0 Å². The van der Waals surface area contributed by atoms with Gasteiger partial charge in [0, 0.05) is 11.1 Å². The summed E-state index contributed by atoms with van der Waals surface area (Å²) in [5.74, 6) is 0.299. The van der Waals surface area contributed by atoms with Crippen molar-refractivity contribution in [3.8, 4) is 17.2 Å². The molecular weight excluding hydrogens is 363 g/mol. The number of ether oxygens (including phenoxy) is 3. The number of hydrazone groups is 1. The van der Waals surface area contributed by atoms with E-state index in [9.17, 15) is 9.18 Å². The Hall–Kier alpha value is -3.09. The summed E-state index contributed by atoms with van der Waals surface area (Å²) < 4.78 is 29.7. The Balaban J connectivity index is 2.09. The lowest BCUT2D eigenvalue weighted by Crippen LogP contribution is -2.19. The summed E-state index contributed by atoms with van der Waals surface area (Å²) in [6.07, 6.45) is 1.96. The van der Waals surface area contributed by atoms with Crippen LogP contribution in [-0.2, 0) is 0 Å². The molecule has 0 aromatic heterocycles. The molecule has 2 rings (SSSR count). The van der Waals surface area contributed by atoms with E-state index in [1.54, 1.807) is 31.2 Å². The van der Waals surface area contributed by atoms with Crippen molar-refractivity contribution in [3.63, 3.8) is 0 Å². The van der Waals surface area contributed by atoms with E-state index in [0.29, 0.717) is 34.9 Å². The molecule has 150 valence electrons. The van der Waals surface area contributed by atoms with E-state index in [1.165, 1.54) is 26.4 Å². The zero-order valence-corrected chi connectivity index (χ0v) is 16.5. The second-order valence-corrected chi connectivity index (χ2v) is 6.06. The molecule has 28 heavy (non-hydrogen) atoms. The first-order valence-electron chi connectivity index (χ1n) is 8.99. The number of nitrogens with one attached hydrogen (secondary N) is 1. The number of methoxy groups -OCH3 is 2. The highest BCUT2D eigenvalue weighted by Crippen LogP contribution is 2.28. The minimum atomic E-state index is -0.496. The van der Waals surface area contributed by atoms with Crippen molar-refractivity contribution < 1.29 is 23.4 Å². The van der Waals surface area contributed by atoms with Crippen LogP contribution in [0.3, 0.4) is 0 Å². The normalized spacial score (nSPS) is 11.1. The standard InChI is InChI=1S/C21H25FN2O4/c1-5-6-11-28-19-10-8-16(13-20(19)27-4)21(25)24-23-14(2)15-7-9-18(26-3)17(22)12-15/h7-10,12-13H,5-6,11H2,1-4H3,(H,24,25)/b23-14-. The molecule has 7 heteroatoms. The van der Waals surface area contributed by atoms with Gasteiger partial charge >= 0.3 is 0 Å². The van der Waals surface area contributed by atoms with Crippen LogP contribution in [0.4, 0.5) is 4.39 Å². The number of rotatable bonds is 9. The van der Waals surface area contributed by atoms with E-state index in [4.69, 9.17) is 14.2 Å². The molecule has 2 aromatic rings. The SMILES string of the molecule is CCCCOc1ccc(C(=O)N/N=C(/C)c2ccc(OC)c(F)c2)cc1OC. The van der Waals surface area contributed by atoms with Crippen molar-refractivity contribution in [1.29, 1.82) is 0 Å². The van der Waals surface area contributed by atoms with Crippen LogP contribution in [0.2, 0.25) is 0 Å². The van der Waals surface area contributed by atoms with Crippen molar-refractivity contribution in [2.24, 2.45) is 5.10 Å². The summed E-state index contributed by atoms with van der Waals surface area (Å²) >= 11 is 0. The van der Waals surface area contributed by atoms with E-state index in [2.05, 4.69) is 17.5 Å².